The molecule has 0 radical (unpaired) electrons. The van der Waals surface area contributed by atoms with Crippen LogP contribution in [0.2, 0.25) is 0 Å². The maximum atomic E-state index is 12.6. The van der Waals surface area contributed by atoms with Crippen LogP contribution < -0.4 is 4.89 Å². The molecule has 0 aliphatic carbocycles. The monoisotopic (exact) mass is 700 g/mol. The summed E-state index contributed by atoms with van der Waals surface area (Å²) in [5.74, 6) is -0.350. The van der Waals surface area contributed by atoms with Gasteiger partial charge in [0.15, 0.2) is 0 Å². The van der Waals surface area contributed by atoms with E-state index in [1.54, 1.807) is 0 Å². The van der Waals surface area contributed by atoms with E-state index < -0.39 is 13.9 Å². The number of carbonyl (C=O) groups excluding carboxylic acids is 1. The molecular weight excluding hydrogens is 625 g/mol. The van der Waals surface area contributed by atoms with Gasteiger partial charge in [-0.2, -0.15) is 0 Å². The van der Waals surface area contributed by atoms with Gasteiger partial charge in [0.25, 0.3) is 7.82 Å². The van der Waals surface area contributed by atoms with Crippen molar-refractivity contribution in [2.24, 2.45) is 0 Å². The number of esters is 1. The standard InChI is InChI=1S/C39H74NO7P/c1-6-8-10-12-14-15-16-17-18-19-20-21-22-23-24-25-26-28-30-32-39(41)47-38(36-44-34-31-29-27-13-11-9-7-2)37-46-48(42,43)45-35-33-40(3,4)5/h14-15,17-18,20-21,38H,6-13,16,19,22-37H2,1-5H3/b15-14-,18-17-,21-20-. The quantitative estimate of drug-likeness (QED) is 0.0214. The van der Waals surface area contributed by atoms with Gasteiger partial charge in [-0.1, -0.05) is 127 Å². The van der Waals surface area contributed by atoms with Crippen LogP contribution in [0.25, 0.3) is 0 Å². The summed E-state index contributed by atoms with van der Waals surface area (Å²) < 4.78 is 34.3. The fourth-order valence-electron chi connectivity index (χ4n) is 4.90. The maximum absolute atomic E-state index is 12.6. The number of carbonyl (C=O) groups is 1. The van der Waals surface area contributed by atoms with Crippen molar-refractivity contribution >= 4 is 13.8 Å². The predicted molar refractivity (Wildman–Crippen MR) is 199 cm³/mol. The first-order valence-corrected chi connectivity index (χ1v) is 20.7. The van der Waals surface area contributed by atoms with Crippen molar-refractivity contribution in [3.8, 4) is 0 Å². The Hall–Kier alpha value is -1.28. The molecule has 0 spiro atoms. The van der Waals surface area contributed by atoms with Gasteiger partial charge >= 0.3 is 5.97 Å². The zero-order valence-electron chi connectivity index (χ0n) is 31.7. The second-order valence-electron chi connectivity index (χ2n) is 13.9. The minimum absolute atomic E-state index is 0.0232. The molecule has 0 aliphatic rings. The van der Waals surface area contributed by atoms with Gasteiger partial charge in [-0.15, -0.1) is 0 Å². The molecule has 0 bridgehead atoms. The summed E-state index contributed by atoms with van der Waals surface area (Å²) in [6.07, 6.45) is 35.9. The number of rotatable bonds is 35. The van der Waals surface area contributed by atoms with Crippen LogP contribution in [-0.2, 0) is 27.9 Å². The number of phosphoric acid groups is 1. The SMILES string of the molecule is CCCCC/C=C\C/C=C\C/C=C\CCCCCCCCC(=O)OC(COCCCCCCCCC)COP(=O)([O-])OCC[N+](C)(C)C. The summed E-state index contributed by atoms with van der Waals surface area (Å²) in [4.78, 5) is 24.9. The third-order valence-electron chi connectivity index (χ3n) is 7.94. The molecule has 8 nitrogen and oxygen atoms in total. The molecule has 0 N–H and O–H groups in total. The van der Waals surface area contributed by atoms with E-state index in [9.17, 15) is 14.3 Å². The molecule has 282 valence electrons. The van der Waals surface area contributed by atoms with Crippen LogP contribution >= 0.6 is 7.82 Å². The molecule has 0 aromatic rings. The summed E-state index contributed by atoms with van der Waals surface area (Å²) in [7, 11) is 1.34. The summed E-state index contributed by atoms with van der Waals surface area (Å²) >= 11 is 0. The Morgan fingerprint density at radius 3 is 1.75 bits per heavy atom. The first-order chi connectivity index (χ1) is 23.1. The van der Waals surface area contributed by atoms with E-state index in [-0.39, 0.29) is 25.8 Å². The molecular formula is C39H74NO7P. The molecule has 0 aliphatic heterocycles. The lowest BCUT2D eigenvalue weighted by Gasteiger charge is -2.28. The normalized spacial score (nSPS) is 14.4. The minimum Gasteiger partial charge on any atom is -0.756 e. The van der Waals surface area contributed by atoms with Crippen LogP contribution in [-0.4, -0.2) is 70.7 Å². The number of ether oxygens (including phenoxy) is 2. The summed E-state index contributed by atoms with van der Waals surface area (Å²) in [6.45, 7) is 5.32. The number of unbranched alkanes of at least 4 members (excludes halogenated alkanes) is 15. The van der Waals surface area contributed by atoms with Crippen molar-refractivity contribution in [3.05, 3.63) is 36.5 Å². The van der Waals surface area contributed by atoms with Gasteiger partial charge in [-0.05, 0) is 51.4 Å². The smallest absolute Gasteiger partial charge is 0.306 e. The number of likely N-dealkylation sites (N-methyl/N-ethyl adjacent to an activating group) is 1. The highest BCUT2D eigenvalue weighted by Crippen LogP contribution is 2.38. The highest BCUT2D eigenvalue weighted by Gasteiger charge is 2.20. The zero-order valence-corrected chi connectivity index (χ0v) is 32.6. The number of hydrogen-bond donors (Lipinski definition) is 0. The molecule has 0 fully saturated rings. The Morgan fingerprint density at radius 1 is 0.646 bits per heavy atom. The third-order valence-corrected chi connectivity index (χ3v) is 8.91. The van der Waals surface area contributed by atoms with Crippen molar-refractivity contribution < 1.29 is 37.3 Å². The molecule has 0 aromatic heterocycles. The van der Waals surface area contributed by atoms with Crippen molar-refractivity contribution in [3.63, 3.8) is 0 Å². The lowest BCUT2D eigenvalue weighted by Crippen LogP contribution is -2.37. The van der Waals surface area contributed by atoms with Crippen LogP contribution in [0.15, 0.2) is 36.5 Å². The fraction of sp³-hybridized carbons (Fsp3) is 0.821. The van der Waals surface area contributed by atoms with E-state index in [4.69, 9.17) is 18.5 Å². The molecule has 2 atom stereocenters. The molecule has 9 heteroatoms. The van der Waals surface area contributed by atoms with E-state index >= 15 is 0 Å². The first-order valence-electron chi connectivity index (χ1n) is 19.2. The number of allylic oxidation sites excluding steroid dienone is 6. The Morgan fingerprint density at radius 2 is 1.15 bits per heavy atom. The molecule has 0 rings (SSSR count). The molecule has 0 amide bonds. The highest BCUT2D eigenvalue weighted by atomic mass is 31.2. The Kier molecular flexibility index (Phi) is 32.0. The number of quaternary nitrogens is 1. The van der Waals surface area contributed by atoms with E-state index in [1.807, 2.05) is 21.1 Å². The van der Waals surface area contributed by atoms with Gasteiger partial charge in [0, 0.05) is 13.0 Å². The Balaban J connectivity index is 4.22. The lowest BCUT2D eigenvalue weighted by atomic mass is 10.1. The van der Waals surface area contributed by atoms with Gasteiger partial charge in [-0.25, -0.2) is 0 Å². The van der Waals surface area contributed by atoms with Crippen LogP contribution in [0.5, 0.6) is 0 Å². The molecule has 0 saturated carbocycles. The Labute approximate surface area is 295 Å². The summed E-state index contributed by atoms with van der Waals surface area (Å²) in [6, 6.07) is 0. The second-order valence-corrected chi connectivity index (χ2v) is 15.4. The van der Waals surface area contributed by atoms with Gasteiger partial charge in [-0.3, -0.25) is 9.36 Å². The van der Waals surface area contributed by atoms with Crippen LogP contribution in [0, 0.1) is 0 Å². The van der Waals surface area contributed by atoms with Crippen molar-refractivity contribution in [1.82, 2.24) is 0 Å². The topological polar surface area (TPSA) is 94.1 Å². The average molecular weight is 700 g/mol. The number of hydrogen-bond acceptors (Lipinski definition) is 7. The zero-order chi connectivity index (χ0) is 35.6. The van der Waals surface area contributed by atoms with E-state index in [2.05, 4.69) is 50.3 Å². The van der Waals surface area contributed by atoms with Crippen molar-refractivity contribution in [2.75, 3.05) is 54.1 Å². The van der Waals surface area contributed by atoms with Crippen molar-refractivity contribution in [1.29, 1.82) is 0 Å². The van der Waals surface area contributed by atoms with Gasteiger partial charge in [0.1, 0.15) is 19.3 Å². The first kappa shape index (κ1) is 46.7. The third kappa shape index (κ3) is 36.0. The fourth-order valence-corrected chi connectivity index (χ4v) is 5.63. The van der Waals surface area contributed by atoms with Gasteiger partial charge < -0.3 is 27.9 Å². The second kappa shape index (κ2) is 32.9. The van der Waals surface area contributed by atoms with Crippen LogP contribution in [0.4, 0.5) is 0 Å². The van der Waals surface area contributed by atoms with Gasteiger partial charge in [0.05, 0.1) is 34.4 Å². The Bertz CT molecular complexity index is 869. The number of phosphoric ester groups is 1. The largest absolute Gasteiger partial charge is 0.756 e. The summed E-state index contributed by atoms with van der Waals surface area (Å²) in [5, 5.41) is 0. The average Bonchev–Trinajstić information content (AvgIpc) is 3.03. The van der Waals surface area contributed by atoms with E-state index in [1.165, 1.54) is 70.6 Å². The van der Waals surface area contributed by atoms with E-state index in [0.717, 1.165) is 57.8 Å². The minimum atomic E-state index is -4.51. The van der Waals surface area contributed by atoms with E-state index in [0.29, 0.717) is 24.1 Å². The number of nitrogens with zero attached hydrogens (tertiary/aromatic N) is 1. The van der Waals surface area contributed by atoms with Gasteiger partial charge in [0.2, 0.25) is 0 Å². The molecule has 2 unspecified atom stereocenters. The van der Waals surface area contributed by atoms with Crippen LogP contribution in [0.1, 0.15) is 149 Å². The highest BCUT2D eigenvalue weighted by molar-refractivity contribution is 7.45. The predicted octanol–water partition coefficient (Wildman–Crippen LogP) is 10.0. The summed E-state index contributed by atoms with van der Waals surface area (Å²) in [5.41, 5.74) is 0. The molecule has 48 heavy (non-hydrogen) atoms. The van der Waals surface area contributed by atoms with Crippen LogP contribution in [0.3, 0.4) is 0 Å². The molecule has 0 aromatic carbocycles. The molecule has 0 saturated heterocycles. The lowest BCUT2D eigenvalue weighted by molar-refractivity contribution is -0.870. The molecule has 0 heterocycles. The van der Waals surface area contributed by atoms with Crippen molar-refractivity contribution in [2.45, 2.75) is 155 Å². The maximum Gasteiger partial charge on any atom is 0.306 e.